The van der Waals surface area contributed by atoms with Crippen molar-refractivity contribution in [3.05, 3.63) is 104 Å². The molecule has 1 N–H and O–H groups in total. The van der Waals surface area contributed by atoms with Crippen molar-refractivity contribution in [2.24, 2.45) is 5.10 Å². The summed E-state index contributed by atoms with van der Waals surface area (Å²) in [6.07, 6.45) is 0.236. The third kappa shape index (κ3) is 3.29. The van der Waals surface area contributed by atoms with Crippen LogP contribution < -0.4 is 4.74 Å². The molecule has 158 valence electrons. The first kappa shape index (κ1) is 19.8. The molecule has 0 fully saturated rings. The lowest BCUT2D eigenvalue weighted by molar-refractivity contribution is -0.0204. The van der Waals surface area contributed by atoms with E-state index in [1.807, 2.05) is 29.3 Å². The van der Waals surface area contributed by atoms with Gasteiger partial charge in [0.25, 0.3) is 0 Å². The Labute approximate surface area is 202 Å². The van der Waals surface area contributed by atoms with Crippen LogP contribution in [0, 0.1) is 0 Å². The maximum absolute atomic E-state index is 10.6. The summed E-state index contributed by atoms with van der Waals surface area (Å²) in [6.45, 7) is 0. The molecule has 0 amide bonds. The normalized spacial score (nSPS) is 19.3. The number of hydrogen-bond donors (Lipinski definition) is 1. The quantitative estimate of drug-likeness (QED) is 0.285. The minimum absolute atomic E-state index is 0.0149. The van der Waals surface area contributed by atoms with Crippen LogP contribution in [0.5, 0.6) is 11.5 Å². The van der Waals surface area contributed by atoms with E-state index in [1.165, 1.54) is 10.8 Å². The Morgan fingerprint density at radius 3 is 2.44 bits per heavy atom. The van der Waals surface area contributed by atoms with E-state index in [2.05, 4.69) is 80.4 Å². The van der Waals surface area contributed by atoms with Crippen molar-refractivity contribution in [1.82, 2.24) is 5.01 Å². The van der Waals surface area contributed by atoms with Gasteiger partial charge in [-0.05, 0) is 58.8 Å². The molecule has 0 unspecified atom stereocenters. The minimum Gasteiger partial charge on any atom is -0.507 e. The fourth-order valence-corrected chi connectivity index (χ4v) is 5.29. The summed E-state index contributed by atoms with van der Waals surface area (Å²) >= 11 is 7.12. The van der Waals surface area contributed by atoms with Gasteiger partial charge in [0.1, 0.15) is 11.5 Å². The highest BCUT2D eigenvalue weighted by Crippen LogP contribution is 2.49. The van der Waals surface area contributed by atoms with E-state index in [1.54, 1.807) is 6.07 Å². The molecule has 32 heavy (non-hydrogen) atoms. The third-order valence-corrected chi connectivity index (χ3v) is 7.08. The molecule has 0 bridgehead atoms. The van der Waals surface area contributed by atoms with Gasteiger partial charge in [0.2, 0.25) is 6.23 Å². The number of phenols is 1. The van der Waals surface area contributed by atoms with Crippen LogP contribution in [0.15, 0.2) is 92.9 Å². The van der Waals surface area contributed by atoms with Crippen molar-refractivity contribution in [2.75, 3.05) is 0 Å². The molecule has 0 spiro atoms. The largest absolute Gasteiger partial charge is 0.507 e. The van der Waals surface area contributed by atoms with Gasteiger partial charge in [-0.25, -0.2) is 5.01 Å². The Kier molecular flexibility index (Phi) is 4.73. The topological polar surface area (TPSA) is 45.1 Å². The molecule has 2 heterocycles. The van der Waals surface area contributed by atoms with Gasteiger partial charge in [-0.15, -0.1) is 0 Å². The lowest BCUT2D eigenvalue weighted by Gasteiger charge is -2.38. The van der Waals surface area contributed by atoms with Gasteiger partial charge < -0.3 is 9.84 Å². The summed E-state index contributed by atoms with van der Waals surface area (Å²) in [7, 11) is 0. The van der Waals surface area contributed by atoms with Crippen molar-refractivity contribution in [2.45, 2.75) is 18.7 Å². The maximum atomic E-state index is 10.6. The van der Waals surface area contributed by atoms with Crippen molar-refractivity contribution < 1.29 is 9.84 Å². The summed E-state index contributed by atoms with van der Waals surface area (Å²) in [5, 5.41) is 20.0. The molecule has 2 atom stereocenters. The average Bonchev–Trinajstić information content (AvgIpc) is 3.26. The number of halogens is 2. The molecule has 0 saturated carbocycles. The van der Waals surface area contributed by atoms with E-state index in [0.717, 1.165) is 38.0 Å². The number of benzene rings is 4. The zero-order chi connectivity index (χ0) is 21.8. The molecule has 4 aromatic rings. The second-order valence-corrected chi connectivity index (χ2v) is 9.90. The van der Waals surface area contributed by atoms with Crippen molar-refractivity contribution in [3.8, 4) is 11.5 Å². The highest BCUT2D eigenvalue weighted by atomic mass is 79.9. The lowest BCUT2D eigenvalue weighted by atomic mass is 9.95. The Bertz CT molecular complexity index is 1400. The first-order valence-electron chi connectivity index (χ1n) is 10.4. The Morgan fingerprint density at radius 1 is 0.844 bits per heavy atom. The standard InChI is InChI=1S/C26H18Br2N2O2/c27-18-7-9-24(31)21(13-18)26-30-23(20-12-19(28)8-10-25(20)32-26)14-22(29-30)17-6-5-15-3-1-2-4-16(15)11-17/h1-13,23,26,31H,14H2/t23-,26-/m1/s1. The SMILES string of the molecule is Oc1ccc(Br)cc1[C@H]1Oc2ccc(Br)cc2[C@H]2CC(c3ccc4ccccc4c3)=NN21. The molecule has 4 aromatic carbocycles. The van der Waals surface area contributed by atoms with Crippen LogP contribution >= 0.6 is 31.9 Å². The van der Waals surface area contributed by atoms with Crippen LogP contribution in [0.2, 0.25) is 0 Å². The summed E-state index contributed by atoms with van der Waals surface area (Å²) < 4.78 is 8.28. The predicted octanol–water partition coefficient (Wildman–Crippen LogP) is 7.31. The second-order valence-electron chi connectivity index (χ2n) is 8.06. The zero-order valence-electron chi connectivity index (χ0n) is 16.9. The monoisotopic (exact) mass is 548 g/mol. The van der Waals surface area contributed by atoms with Crippen LogP contribution in [-0.2, 0) is 0 Å². The molecular weight excluding hydrogens is 532 g/mol. The van der Waals surface area contributed by atoms with Crippen LogP contribution in [0.1, 0.15) is 35.4 Å². The Balaban J connectivity index is 1.48. The maximum Gasteiger partial charge on any atom is 0.217 e. The van der Waals surface area contributed by atoms with Gasteiger partial charge >= 0.3 is 0 Å². The van der Waals surface area contributed by atoms with Crippen molar-refractivity contribution in [3.63, 3.8) is 0 Å². The molecular formula is C26H18Br2N2O2. The third-order valence-electron chi connectivity index (χ3n) is 6.09. The van der Waals surface area contributed by atoms with Gasteiger partial charge in [-0.3, -0.25) is 0 Å². The highest BCUT2D eigenvalue weighted by molar-refractivity contribution is 9.10. The molecule has 0 aromatic heterocycles. The lowest BCUT2D eigenvalue weighted by Crippen LogP contribution is -2.33. The smallest absolute Gasteiger partial charge is 0.217 e. The molecule has 4 nitrogen and oxygen atoms in total. The fraction of sp³-hybridized carbons (Fsp3) is 0.115. The number of phenolic OH excluding ortho intramolecular Hbond substituents is 1. The van der Waals surface area contributed by atoms with Crippen molar-refractivity contribution >= 4 is 48.3 Å². The molecule has 2 aliphatic rings. The number of hydrogen-bond acceptors (Lipinski definition) is 4. The van der Waals surface area contributed by atoms with E-state index in [9.17, 15) is 5.11 Å². The number of ether oxygens (including phenoxy) is 1. The molecule has 6 rings (SSSR count). The molecule has 2 aliphatic heterocycles. The Morgan fingerprint density at radius 2 is 1.59 bits per heavy atom. The van der Waals surface area contributed by atoms with Gasteiger partial charge in [0.05, 0.1) is 17.3 Å². The van der Waals surface area contributed by atoms with Crippen LogP contribution in [0.4, 0.5) is 0 Å². The summed E-state index contributed by atoms with van der Waals surface area (Å²) in [6, 6.07) is 26.3. The first-order chi connectivity index (χ1) is 15.6. The number of hydrazone groups is 1. The molecule has 0 saturated heterocycles. The Hall–Kier alpha value is -2.83. The van der Waals surface area contributed by atoms with E-state index >= 15 is 0 Å². The van der Waals surface area contributed by atoms with E-state index in [0.29, 0.717) is 5.56 Å². The van der Waals surface area contributed by atoms with Gasteiger partial charge in [0.15, 0.2) is 0 Å². The van der Waals surface area contributed by atoms with E-state index in [-0.39, 0.29) is 11.8 Å². The van der Waals surface area contributed by atoms with Crippen LogP contribution in [0.3, 0.4) is 0 Å². The summed E-state index contributed by atoms with van der Waals surface area (Å²) in [5.74, 6) is 1.00. The fourth-order valence-electron chi connectivity index (χ4n) is 4.53. The summed E-state index contributed by atoms with van der Waals surface area (Å²) in [5.41, 5.74) is 3.88. The highest BCUT2D eigenvalue weighted by Gasteiger charge is 2.42. The molecule has 6 heteroatoms. The number of nitrogens with zero attached hydrogens (tertiary/aromatic N) is 2. The number of rotatable bonds is 2. The summed E-state index contributed by atoms with van der Waals surface area (Å²) in [4.78, 5) is 0. The number of aromatic hydroxyl groups is 1. The van der Waals surface area contributed by atoms with Gasteiger partial charge in [-0.1, -0.05) is 68.3 Å². The van der Waals surface area contributed by atoms with Gasteiger partial charge in [-0.2, -0.15) is 5.10 Å². The van der Waals surface area contributed by atoms with Crippen LogP contribution in [0.25, 0.3) is 10.8 Å². The van der Waals surface area contributed by atoms with Gasteiger partial charge in [0, 0.05) is 20.9 Å². The van der Waals surface area contributed by atoms with E-state index in [4.69, 9.17) is 9.84 Å². The first-order valence-corrected chi connectivity index (χ1v) is 11.9. The second kappa shape index (κ2) is 7.64. The molecule has 0 radical (unpaired) electrons. The minimum atomic E-state index is -0.524. The molecule has 0 aliphatic carbocycles. The van der Waals surface area contributed by atoms with Crippen LogP contribution in [-0.4, -0.2) is 15.8 Å². The zero-order valence-corrected chi connectivity index (χ0v) is 20.0. The average molecular weight is 550 g/mol. The van der Waals surface area contributed by atoms with Crippen molar-refractivity contribution in [1.29, 1.82) is 0 Å². The van der Waals surface area contributed by atoms with E-state index < -0.39 is 6.23 Å². The number of fused-ring (bicyclic) bond motifs is 4. The predicted molar refractivity (Wildman–Crippen MR) is 133 cm³/mol.